The normalized spacial score (nSPS) is 11.8. The summed E-state index contributed by atoms with van der Waals surface area (Å²) in [6.07, 6.45) is 0. The summed E-state index contributed by atoms with van der Waals surface area (Å²) in [5.41, 5.74) is 11.3. The van der Waals surface area contributed by atoms with Gasteiger partial charge in [-0.25, -0.2) is 24.9 Å². The van der Waals surface area contributed by atoms with Crippen molar-refractivity contribution in [2.75, 3.05) is 0 Å². The van der Waals surface area contributed by atoms with Crippen LogP contribution in [0, 0.1) is 0 Å². The first kappa shape index (κ1) is 35.4. The first-order valence-electron chi connectivity index (χ1n) is 20.8. The smallest absolute Gasteiger partial charge is 0.164 e. The average Bonchev–Trinajstić information content (AvgIpc) is 4.03. The van der Waals surface area contributed by atoms with Crippen molar-refractivity contribution in [1.29, 1.82) is 0 Å². The molecule has 0 atom stereocenters. The van der Waals surface area contributed by atoms with Crippen LogP contribution < -0.4 is 0 Å². The summed E-state index contributed by atoms with van der Waals surface area (Å²) in [6, 6.07) is 66.8. The Bertz CT molecular complexity index is 3860. The van der Waals surface area contributed by atoms with Gasteiger partial charge >= 0.3 is 0 Å². The van der Waals surface area contributed by atoms with Gasteiger partial charge in [0.25, 0.3) is 0 Å². The van der Waals surface area contributed by atoms with Crippen LogP contribution in [-0.2, 0) is 0 Å². The van der Waals surface area contributed by atoms with Gasteiger partial charge < -0.3 is 8.98 Å². The summed E-state index contributed by atoms with van der Waals surface area (Å²) in [5.74, 6) is 2.42. The zero-order valence-electron chi connectivity index (χ0n) is 33.5. The summed E-state index contributed by atoms with van der Waals surface area (Å²) in [7, 11) is 0. The number of thiophene rings is 1. The minimum Gasteiger partial charge on any atom is -0.456 e. The van der Waals surface area contributed by atoms with Crippen molar-refractivity contribution in [3.8, 4) is 62.5 Å². The second-order valence-corrected chi connectivity index (χ2v) is 16.7. The summed E-state index contributed by atoms with van der Waals surface area (Å²) < 4.78 is 11.2. The fraction of sp³-hybridized carbons (Fsp3) is 0. The zero-order chi connectivity index (χ0) is 41.4. The Labute approximate surface area is 364 Å². The van der Waals surface area contributed by atoms with E-state index in [4.69, 9.17) is 29.3 Å². The Balaban J connectivity index is 0.992. The van der Waals surface area contributed by atoms with Crippen LogP contribution in [0.3, 0.4) is 0 Å². The van der Waals surface area contributed by atoms with Crippen molar-refractivity contribution in [2.24, 2.45) is 0 Å². The maximum Gasteiger partial charge on any atom is 0.164 e. The second-order valence-electron chi connectivity index (χ2n) is 15.6. The fourth-order valence-electron chi connectivity index (χ4n) is 8.97. The lowest BCUT2D eigenvalue weighted by Crippen LogP contribution is -2.00. The number of nitrogens with zero attached hydrogens (tertiary/aromatic N) is 6. The second kappa shape index (κ2) is 14.1. The van der Waals surface area contributed by atoms with E-state index in [1.807, 2.05) is 72.8 Å². The zero-order valence-corrected chi connectivity index (χ0v) is 34.3. The van der Waals surface area contributed by atoms with E-state index in [2.05, 4.69) is 126 Å². The molecular weight excluding hydrogens is 793 g/mol. The molecule has 0 amide bonds. The van der Waals surface area contributed by atoms with Crippen LogP contribution in [0.25, 0.3) is 127 Å². The summed E-state index contributed by atoms with van der Waals surface area (Å²) in [4.78, 5) is 25.8. The first-order valence-corrected chi connectivity index (χ1v) is 21.6. The average molecular weight is 825 g/mol. The van der Waals surface area contributed by atoms with E-state index in [0.717, 1.165) is 87.8 Å². The van der Waals surface area contributed by atoms with E-state index in [9.17, 15) is 0 Å². The number of para-hydroxylation sites is 2. The van der Waals surface area contributed by atoms with Crippen molar-refractivity contribution in [2.45, 2.75) is 0 Å². The van der Waals surface area contributed by atoms with Crippen LogP contribution in [0.15, 0.2) is 199 Å². The Morgan fingerprint density at radius 2 is 1.02 bits per heavy atom. The lowest BCUT2D eigenvalue weighted by Gasteiger charge is -2.10. The molecule has 0 aliphatic rings. The van der Waals surface area contributed by atoms with Crippen LogP contribution in [0.2, 0.25) is 0 Å². The van der Waals surface area contributed by atoms with Gasteiger partial charge in [-0.05, 0) is 48.5 Å². The molecule has 0 aliphatic heterocycles. The Morgan fingerprint density at radius 3 is 1.79 bits per heavy atom. The summed E-state index contributed by atoms with van der Waals surface area (Å²) in [6.45, 7) is 0. The molecule has 0 bridgehead atoms. The lowest BCUT2D eigenvalue weighted by molar-refractivity contribution is 0.669. The highest BCUT2D eigenvalue weighted by Crippen LogP contribution is 2.43. The van der Waals surface area contributed by atoms with Gasteiger partial charge in [0.15, 0.2) is 23.3 Å². The Hall–Kier alpha value is -8.33. The van der Waals surface area contributed by atoms with Crippen molar-refractivity contribution >= 4 is 75.4 Å². The lowest BCUT2D eigenvalue weighted by atomic mass is 10.0. The number of fused-ring (bicyclic) bond motifs is 9. The summed E-state index contributed by atoms with van der Waals surface area (Å²) in [5, 5.41) is 5.40. The maximum atomic E-state index is 6.67. The third-order valence-electron chi connectivity index (χ3n) is 11.9. The largest absolute Gasteiger partial charge is 0.456 e. The molecule has 0 saturated carbocycles. The molecule has 294 valence electrons. The number of hydrogen-bond acceptors (Lipinski definition) is 7. The van der Waals surface area contributed by atoms with Gasteiger partial charge in [-0.2, -0.15) is 0 Å². The molecule has 5 aromatic heterocycles. The van der Waals surface area contributed by atoms with Crippen LogP contribution in [-0.4, -0.2) is 29.5 Å². The highest BCUT2D eigenvalue weighted by atomic mass is 32.1. The van der Waals surface area contributed by atoms with Gasteiger partial charge in [0, 0.05) is 65.1 Å². The molecule has 13 rings (SSSR count). The fourth-order valence-corrected chi connectivity index (χ4v) is 10.1. The quantitative estimate of drug-likeness (QED) is 0.166. The van der Waals surface area contributed by atoms with E-state index >= 15 is 0 Å². The number of hydrogen-bond donors (Lipinski definition) is 0. The van der Waals surface area contributed by atoms with Crippen molar-refractivity contribution in [3.63, 3.8) is 0 Å². The minimum atomic E-state index is 0.575. The van der Waals surface area contributed by atoms with Crippen molar-refractivity contribution in [1.82, 2.24) is 29.5 Å². The number of benzene rings is 8. The number of furan rings is 1. The molecule has 0 saturated heterocycles. The van der Waals surface area contributed by atoms with Crippen molar-refractivity contribution < 1.29 is 4.42 Å². The van der Waals surface area contributed by atoms with Gasteiger partial charge in [-0.1, -0.05) is 146 Å². The van der Waals surface area contributed by atoms with Gasteiger partial charge in [-0.15, -0.1) is 11.3 Å². The van der Waals surface area contributed by atoms with Crippen LogP contribution >= 0.6 is 11.3 Å². The number of aromatic nitrogens is 6. The molecule has 13 aromatic rings. The van der Waals surface area contributed by atoms with Gasteiger partial charge in [0.2, 0.25) is 0 Å². The van der Waals surface area contributed by atoms with Gasteiger partial charge in [0.05, 0.1) is 26.9 Å². The highest BCUT2D eigenvalue weighted by Gasteiger charge is 2.22. The molecule has 8 heteroatoms. The molecule has 0 radical (unpaired) electrons. The highest BCUT2D eigenvalue weighted by molar-refractivity contribution is 7.26. The van der Waals surface area contributed by atoms with Gasteiger partial charge in [-0.3, -0.25) is 0 Å². The molecule has 5 heterocycles. The summed E-state index contributed by atoms with van der Waals surface area (Å²) >= 11 is 1.74. The Kier molecular flexibility index (Phi) is 7.94. The molecule has 0 aliphatic carbocycles. The monoisotopic (exact) mass is 824 g/mol. The Morgan fingerprint density at radius 1 is 0.397 bits per heavy atom. The van der Waals surface area contributed by atoms with E-state index in [0.29, 0.717) is 23.3 Å². The predicted molar refractivity (Wildman–Crippen MR) is 257 cm³/mol. The molecule has 7 nitrogen and oxygen atoms in total. The SMILES string of the molecule is c1ccc(-c2nc(-c3ccccc3)nc(-c3cccc4oc5cc(-c6nc(-c7ccc8c9ccccc9n(-c9ccccc9)c8c7)c7sc8ccccc8c7n6)ccc5c34)n2)cc1. The van der Waals surface area contributed by atoms with Crippen LogP contribution in [0.5, 0.6) is 0 Å². The first-order chi connectivity index (χ1) is 31.2. The molecule has 8 aromatic carbocycles. The number of rotatable bonds is 6. The molecular formula is C55H32N6OS. The maximum absolute atomic E-state index is 6.67. The van der Waals surface area contributed by atoms with Gasteiger partial charge in [0.1, 0.15) is 11.2 Å². The molecule has 0 N–H and O–H groups in total. The van der Waals surface area contributed by atoms with Crippen LogP contribution in [0.1, 0.15) is 0 Å². The van der Waals surface area contributed by atoms with Crippen molar-refractivity contribution in [3.05, 3.63) is 194 Å². The van der Waals surface area contributed by atoms with E-state index < -0.39 is 0 Å². The molecule has 63 heavy (non-hydrogen) atoms. The molecule has 0 spiro atoms. The molecule has 0 fully saturated rings. The van der Waals surface area contributed by atoms with E-state index in [-0.39, 0.29) is 0 Å². The minimum absolute atomic E-state index is 0.575. The molecule has 0 unspecified atom stereocenters. The standard InChI is InChI=1S/C55H32N6OS/c1-4-15-33(16-5-1)52-58-53(34-17-6-2-7-18-34)60-55(59-52)42-23-14-25-45-48(42)40-30-28-36(32-46(40)62-45)54-56-49(51-50(57-54)41-22-11-13-26-47(41)63-51)35-27-29-39-38-21-10-12-24-43(38)61(44(39)31-35)37-19-8-3-9-20-37/h1-32H. The van der Waals surface area contributed by atoms with E-state index in [1.165, 1.54) is 15.5 Å². The third-order valence-corrected chi connectivity index (χ3v) is 13.0. The predicted octanol–water partition coefficient (Wildman–Crippen LogP) is 14.4. The third kappa shape index (κ3) is 5.76. The topological polar surface area (TPSA) is 82.5 Å². The van der Waals surface area contributed by atoms with E-state index in [1.54, 1.807) is 11.3 Å². The van der Waals surface area contributed by atoms with Crippen LogP contribution in [0.4, 0.5) is 0 Å².